The molecule has 0 aromatic heterocycles. The molecule has 2 rings (SSSR count). The normalized spacial score (nSPS) is 33.7. The van der Waals surface area contributed by atoms with Crippen molar-refractivity contribution in [2.24, 2.45) is 11.8 Å². The molecule has 1 nitrogen and oxygen atoms in total. The van der Waals surface area contributed by atoms with Crippen LogP contribution in [0.3, 0.4) is 0 Å². The summed E-state index contributed by atoms with van der Waals surface area (Å²) in [7, 11) is 0. The molecule has 0 heterocycles. The SMILES string of the molecule is CC(C)CC1CCCC(O)(C2=CCCCCCC2)C1. The highest BCUT2D eigenvalue weighted by molar-refractivity contribution is 5.18. The minimum Gasteiger partial charge on any atom is -0.386 e. The first kappa shape index (κ1) is 15.1. The minimum atomic E-state index is -0.449. The Morgan fingerprint density at radius 2 is 2.00 bits per heavy atom. The Labute approximate surface area is 119 Å². The number of rotatable bonds is 3. The number of hydrogen-bond acceptors (Lipinski definition) is 1. The van der Waals surface area contributed by atoms with Crippen molar-refractivity contribution in [3.63, 3.8) is 0 Å². The maximum Gasteiger partial charge on any atom is 0.0859 e. The van der Waals surface area contributed by atoms with E-state index in [2.05, 4.69) is 19.9 Å². The topological polar surface area (TPSA) is 20.2 Å². The Kier molecular flexibility index (Phi) is 5.50. The summed E-state index contributed by atoms with van der Waals surface area (Å²) in [6.45, 7) is 4.62. The van der Waals surface area contributed by atoms with Crippen molar-refractivity contribution < 1.29 is 5.11 Å². The van der Waals surface area contributed by atoms with Gasteiger partial charge >= 0.3 is 0 Å². The Morgan fingerprint density at radius 3 is 2.79 bits per heavy atom. The zero-order chi connectivity index (χ0) is 13.7. The lowest BCUT2D eigenvalue weighted by atomic mass is 9.70. The van der Waals surface area contributed by atoms with Gasteiger partial charge in [0.25, 0.3) is 0 Å². The van der Waals surface area contributed by atoms with E-state index in [1.54, 1.807) is 0 Å². The second kappa shape index (κ2) is 6.92. The van der Waals surface area contributed by atoms with Crippen LogP contribution in [0.4, 0.5) is 0 Å². The molecule has 1 heteroatoms. The molecular weight excluding hydrogens is 232 g/mol. The molecule has 0 spiro atoms. The van der Waals surface area contributed by atoms with E-state index in [0.29, 0.717) is 0 Å². The lowest BCUT2D eigenvalue weighted by Gasteiger charge is -2.40. The van der Waals surface area contributed by atoms with Crippen molar-refractivity contribution in [2.45, 2.75) is 90.1 Å². The first-order valence-corrected chi connectivity index (χ1v) is 8.52. The maximum atomic E-state index is 11.1. The molecule has 0 aliphatic heterocycles. The van der Waals surface area contributed by atoms with Gasteiger partial charge < -0.3 is 5.11 Å². The van der Waals surface area contributed by atoms with Crippen molar-refractivity contribution in [2.75, 3.05) is 0 Å². The van der Waals surface area contributed by atoms with Crippen molar-refractivity contribution in [3.05, 3.63) is 11.6 Å². The van der Waals surface area contributed by atoms with Crippen LogP contribution in [0.15, 0.2) is 11.6 Å². The summed E-state index contributed by atoms with van der Waals surface area (Å²) in [4.78, 5) is 0. The molecule has 0 radical (unpaired) electrons. The third kappa shape index (κ3) is 4.34. The highest BCUT2D eigenvalue weighted by atomic mass is 16.3. The fourth-order valence-corrected chi connectivity index (χ4v) is 4.14. The molecule has 2 atom stereocenters. The predicted octanol–water partition coefficient (Wildman–Crippen LogP) is 5.23. The molecule has 0 saturated heterocycles. The summed E-state index contributed by atoms with van der Waals surface area (Å²) in [5, 5.41) is 11.1. The fourth-order valence-electron chi connectivity index (χ4n) is 4.14. The van der Waals surface area contributed by atoms with Gasteiger partial charge in [-0.1, -0.05) is 39.2 Å². The third-order valence-corrected chi connectivity index (χ3v) is 5.02. The van der Waals surface area contributed by atoms with E-state index >= 15 is 0 Å². The minimum absolute atomic E-state index is 0.449. The van der Waals surface area contributed by atoms with Crippen LogP contribution in [0.1, 0.15) is 84.5 Å². The lowest BCUT2D eigenvalue weighted by molar-refractivity contribution is 0.00960. The van der Waals surface area contributed by atoms with E-state index in [1.165, 1.54) is 56.9 Å². The smallest absolute Gasteiger partial charge is 0.0859 e. The zero-order valence-corrected chi connectivity index (χ0v) is 13.0. The molecule has 0 aromatic rings. The van der Waals surface area contributed by atoms with Crippen molar-refractivity contribution in [1.82, 2.24) is 0 Å². The summed E-state index contributed by atoms with van der Waals surface area (Å²) < 4.78 is 0. The molecule has 2 unspecified atom stereocenters. The van der Waals surface area contributed by atoms with Crippen molar-refractivity contribution >= 4 is 0 Å². The van der Waals surface area contributed by atoms with Crippen LogP contribution in [0.2, 0.25) is 0 Å². The van der Waals surface area contributed by atoms with E-state index in [-0.39, 0.29) is 0 Å². The molecule has 0 bridgehead atoms. The van der Waals surface area contributed by atoms with Crippen LogP contribution in [0.5, 0.6) is 0 Å². The number of aliphatic hydroxyl groups is 1. The molecule has 0 amide bonds. The molecule has 0 aromatic carbocycles. The van der Waals surface area contributed by atoms with Gasteiger partial charge in [0.15, 0.2) is 0 Å². The first-order chi connectivity index (χ1) is 9.10. The Morgan fingerprint density at radius 1 is 1.21 bits per heavy atom. The standard InChI is InChI=1S/C18H32O/c1-15(2)13-16-9-8-12-18(19,14-16)17-10-6-4-3-5-7-11-17/h10,15-16,19H,3-9,11-14H2,1-2H3. The lowest BCUT2D eigenvalue weighted by Crippen LogP contribution is -2.37. The molecule has 1 saturated carbocycles. The molecule has 19 heavy (non-hydrogen) atoms. The largest absolute Gasteiger partial charge is 0.386 e. The zero-order valence-electron chi connectivity index (χ0n) is 13.0. The molecule has 2 aliphatic rings. The third-order valence-electron chi connectivity index (χ3n) is 5.02. The molecular formula is C18H32O. The average Bonchev–Trinajstić information content (AvgIpc) is 2.26. The summed E-state index contributed by atoms with van der Waals surface area (Å²) in [6, 6.07) is 0. The van der Waals surface area contributed by atoms with Gasteiger partial charge in [0.05, 0.1) is 5.60 Å². The van der Waals surface area contributed by atoms with Gasteiger partial charge in [-0.15, -0.1) is 0 Å². The fraction of sp³-hybridized carbons (Fsp3) is 0.889. The molecule has 110 valence electrons. The second-order valence-corrected chi connectivity index (χ2v) is 7.31. The van der Waals surface area contributed by atoms with Gasteiger partial charge in [-0.3, -0.25) is 0 Å². The Balaban J connectivity index is 2.02. The van der Waals surface area contributed by atoms with E-state index in [4.69, 9.17) is 0 Å². The van der Waals surface area contributed by atoms with Crippen LogP contribution in [-0.4, -0.2) is 10.7 Å². The van der Waals surface area contributed by atoms with E-state index in [0.717, 1.165) is 31.1 Å². The predicted molar refractivity (Wildman–Crippen MR) is 82.1 cm³/mol. The van der Waals surface area contributed by atoms with Crippen LogP contribution < -0.4 is 0 Å². The van der Waals surface area contributed by atoms with Gasteiger partial charge in [0.2, 0.25) is 0 Å². The van der Waals surface area contributed by atoms with Crippen LogP contribution in [0, 0.1) is 11.8 Å². The van der Waals surface area contributed by atoms with Crippen LogP contribution >= 0.6 is 0 Å². The summed E-state index contributed by atoms with van der Waals surface area (Å²) in [5.41, 5.74) is 0.940. The van der Waals surface area contributed by atoms with Gasteiger partial charge in [0.1, 0.15) is 0 Å². The maximum absolute atomic E-state index is 11.1. The highest BCUT2D eigenvalue weighted by Crippen LogP contribution is 2.42. The molecule has 1 N–H and O–H groups in total. The second-order valence-electron chi connectivity index (χ2n) is 7.31. The molecule has 1 fully saturated rings. The quantitative estimate of drug-likeness (QED) is 0.692. The van der Waals surface area contributed by atoms with E-state index < -0.39 is 5.60 Å². The van der Waals surface area contributed by atoms with Crippen molar-refractivity contribution in [1.29, 1.82) is 0 Å². The number of hydrogen-bond donors (Lipinski definition) is 1. The average molecular weight is 264 g/mol. The Bertz CT molecular complexity index is 305. The summed E-state index contributed by atoms with van der Waals surface area (Å²) in [5.74, 6) is 1.50. The van der Waals surface area contributed by atoms with Gasteiger partial charge in [-0.05, 0) is 68.8 Å². The Hall–Kier alpha value is -0.300. The van der Waals surface area contributed by atoms with E-state index in [9.17, 15) is 5.11 Å². The highest BCUT2D eigenvalue weighted by Gasteiger charge is 2.37. The van der Waals surface area contributed by atoms with Gasteiger partial charge in [-0.2, -0.15) is 0 Å². The summed E-state index contributed by atoms with van der Waals surface area (Å²) in [6.07, 6.45) is 15.9. The monoisotopic (exact) mass is 264 g/mol. The number of allylic oxidation sites excluding steroid dienone is 1. The van der Waals surface area contributed by atoms with E-state index in [1.807, 2.05) is 0 Å². The van der Waals surface area contributed by atoms with Gasteiger partial charge in [-0.25, -0.2) is 0 Å². The molecule has 2 aliphatic carbocycles. The summed E-state index contributed by atoms with van der Waals surface area (Å²) >= 11 is 0. The first-order valence-electron chi connectivity index (χ1n) is 8.52. The van der Waals surface area contributed by atoms with Crippen LogP contribution in [0.25, 0.3) is 0 Å². The van der Waals surface area contributed by atoms with Gasteiger partial charge in [0, 0.05) is 0 Å². The van der Waals surface area contributed by atoms with Crippen molar-refractivity contribution in [3.8, 4) is 0 Å². The van der Waals surface area contributed by atoms with Crippen LogP contribution in [-0.2, 0) is 0 Å².